The fraction of sp³-hybridized carbons (Fsp3) is 0.154. The van der Waals surface area contributed by atoms with Crippen molar-refractivity contribution in [2.24, 2.45) is 0 Å². The number of thiophene rings is 1. The van der Waals surface area contributed by atoms with Gasteiger partial charge in [-0.05, 0) is 30.3 Å². The largest absolute Gasteiger partial charge is 0.485 e. The van der Waals surface area contributed by atoms with E-state index < -0.39 is 9.84 Å². The summed E-state index contributed by atoms with van der Waals surface area (Å²) in [6, 6.07) is 7.32. The number of carbonyl (C=O) groups excluding carboxylic acids is 1. The molecule has 2 aromatic rings. The highest BCUT2D eigenvalue weighted by Gasteiger charge is 2.15. The number of sulfone groups is 1. The fourth-order valence-electron chi connectivity index (χ4n) is 1.54. The SMILES string of the molecule is CS(=O)(=O)c1ccc(OCC(=O)c2cc(Cl)sc2Cl)cc1. The van der Waals surface area contributed by atoms with E-state index in [0.717, 1.165) is 17.6 Å². The van der Waals surface area contributed by atoms with Gasteiger partial charge in [0, 0.05) is 6.26 Å². The number of benzene rings is 1. The van der Waals surface area contributed by atoms with Crippen molar-refractivity contribution in [1.29, 1.82) is 0 Å². The molecule has 0 amide bonds. The topological polar surface area (TPSA) is 60.4 Å². The lowest BCUT2D eigenvalue weighted by Gasteiger charge is -2.05. The molecule has 0 radical (unpaired) electrons. The average Bonchev–Trinajstić information content (AvgIpc) is 2.74. The zero-order chi connectivity index (χ0) is 15.6. The summed E-state index contributed by atoms with van der Waals surface area (Å²) >= 11 is 12.8. The first-order chi connectivity index (χ1) is 9.77. The van der Waals surface area contributed by atoms with E-state index in [2.05, 4.69) is 0 Å². The minimum atomic E-state index is -3.25. The van der Waals surface area contributed by atoms with Gasteiger partial charge in [0.2, 0.25) is 5.78 Å². The van der Waals surface area contributed by atoms with Crippen molar-refractivity contribution >= 4 is 50.2 Å². The van der Waals surface area contributed by atoms with Crippen LogP contribution < -0.4 is 4.74 Å². The van der Waals surface area contributed by atoms with Gasteiger partial charge in [-0.3, -0.25) is 4.79 Å². The van der Waals surface area contributed by atoms with Crippen LogP contribution in [0.3, 0.4) is 0 Å². The molecule has 0 saturated heterocycles. The van der Waals surface area contributed by atoms with Crippen molar-refractivity contribution in [2.75, 3.05) is 12.9 Å². The molecule has 0 aliphatic heterocycles. The molecule has 0 unspecified atom stereocenters. The number of ether oxygens (including phenoxy) is 1. The molecule has 0 aliphatic carbocycles. The van der Waals surface area contributed by atoms with Crippen LogP contribution in [0.2, 0.25) is 8.67 Å². The molecule has 1 heterocycles. The van der Waals surface area contributed by atoms with Gasteiger partial charge >= 0.3 is 0 Å². The van der Waals surface area contributed by atoms with E-state index in [-0.39, 0.29) is 17.3 Å². The standard InChI is InChI=1S/C13H10Cl2O4S2/c1-21(17,18)9-4-2-8(3-5-9)19-7-11(16)10-6-12(14)20-13(10)15/h2-6H,7H2,1H3. The van der Waals surface area contributed by atoms with Gasteiger partial charge in [0.25, 0.3) is 0 Å². The number of halogens is 2. The van der Waals surface area contributed by atoms with E-state index in [1.165, 1.54) is 30.3 Å². The summed E-state index contributed by atoms with van der Waals surface area (Å²) < 4.78 is 28.7. The Labute approximate surface area is 136 Å². The van der Waals surface area contributed by atoms with Crippen LogP contribution in [-0.4, -0.2) is 27.1 Å². The van der Waals surface area contributed by atoms with Gasteiger partial charge in [-0.25, -0.2) is 8.42 Å². The lowest BCUT2D eigenvalue weighted by atomic mass is 10.2. The first kappa shape index (κ1) is 16.3. The van der Waals surface area contributed by atoms with Gasteiger partial charge in [0.1, 0.15) is 10.1 Å². The summed E-state index contributed by atoms with van der Waals surface area (Å²) in [4.78, 5) is 12.1. The van der Waals surface area contributed by atoms with Crippen molar-refractivity contribution in [3.63, 3.8) is 0 Å². The highest BCUT2D eigenvalue weighted by molar-refractivity contribution is 7.90. The second-order valence-corrected chi connectivity index (χ2v) is 8.49. The normalized spacial score (nSPS) is 11.4. The first-order valence-electron chi connectivity index (χ1n) is 5.68. The highest BCUT2D eigenvalue weighted by Crippen LogP contribution is 2.31. The number of carbonyl (C=O) groups is 1. The first-order valence-corrected chi connectivity index (χ1v) is 9.14. The second-order valence-electron chi connectivity index (χ2n) is 4.19. The Morgan fingerprint density at radius 3 is 2.33 bits per heavy atom. The summed E-state index contributed by atoms with van der Waals surface area (Å²) in [5.41, 5.74) is 0.319. The Balaban J connectivity index is 2.03. The molecular weight excluding hydrogens is 355 g/mol. The molecular formula is C13H10Cl2O4S2. The summed E-state index contributed by atoms with van der Waals surface area (Å²) in [6.07, 6.45) is 1.12. The van der Waals surface area contributed by atoms with Gasteiger partial charge in [-0.1, -0.05) is 23.2 Å². The lowest BCUT2D eigenvalue weighted by molar-refractivity contribution is 0.0922. The van der Waals surface area contributed by atoms with E-state index in [1.807, 2.05) is 0 Å². The molecule has 0 fully saturated rings. The quantitative estimate of drug-likeness (QED) is 0.758. The Morgan fingerprint density at radius 1 is 1.24 bits per heavy atom. The number of rotatable bonds is 5. The van der Waals surface area contributed by atoms with Crippen LogP contribution >= 0.6 is 34.5 Å². The van der Waals surface area contributed by atoms with E-state index in [0.29, 0.717) is 20.0 Å². The fourth-order valence-corrected chi connectivity index (χ4v) is 3.67. The third-order valence-corrected chi connectivity index (χ3v) is 5.19. The summed E-state index contributed by atoms with van der Waals surface area (Å²) in [6.45, 7) is -0.203. The zero-order valence-electron chi connectivity index (χ0n) is 10.8. The van der Waals surface area contributed by atoms with Crippen molar-refractivity contribution in [1.82, 2.24) is 0 Å². The van der Waals surface area contributed by atoms with Gasteiger partial charge in [-0.15, -0.1) is 11.3 Å². The summed E-state index contributed by atoms with van der Waals surface area (Å²) in [5, 5.41) is 0. The number of Topliss-reactive ketones (excluding diaryl/α,β-unsaturated/α-hetero) is 1. The van der Waals surface area contributed by atoms with Crippen LogP contribution in [0.25, 0.3) is 0 Å². The molecule has 8 heteroatoms. The minimum Gasteiger partial charge on any atom is -0.485 e. The van der Waals surface area contributed by atoms with Gasteiger partial charge in [-0.2, -0.15) is 0 Å². The molecule has 0 N–H and O–H groups in total. The van der Waals surface area contributed by atoms with Crippen molar-refractivity contribution in [3.05, 3.63) is 44.6 Å². The van der Waals surface area contributed by atoms with Crippen molar-refractivity contribution in [3.8, 4) is 5.75 Å². The third-order valence-electron chi connectivity index (χ3n) is 2.58. The Kier molecular flexibility index (Phi) is 4.93. The van der Waals surface area contributed by atoms with E-state index in [1.54, 1.807) is 0 Å². The lowest BCUT2D eigenvalue weighted by Crippen LogP contribution is -2.11. The molecule has 2 rings (SSSR count). The Bertz CT molecular complexity index is 764. The molecule has 4 nitrogen and oxygen atoms in total. The molecule has 0 saturated carbocycles. The molecule has 0 spiro atoms. The molecule has 1 aromatic heterocycles. The van der Waals surface area contributed by atoms with E-state index in [4.69, 9.17) is 27.9 Å². The van der Waals surface area contributed by atoms with Crippen molar-refractivity contribution in [2.45, 2.75) is 4.90 Å². The van der Waals surface area contributed by atoms with Gasteiger partial charge < -0.3 is 4.74 Å². The third kappa shape index (κ3) is 4.20. The minimum absolute atomic E-state index is 0.189. The molecule has 0 aliphatic rings. The molecule has 0 atom stereocenters. The predicted octanol–water partition coefficient (Wildman–Crippen LogP) is 3.72. The average molecular weight is 365 g/mol. The van der Waals surface area contributed by atoms with Gasteiger partial charge in [0.05, 0.1) is 14.8 Å². The summed E-state index contributed by atoms with van der Waals surface area (Å²) in [5.74, 6) is 0.100. The molecule has 1 aromatic carbocycles. The molecule has 21 heavy (non-hydrogen) atoms. The predicted molar refractivity (Wildman–Crippen MR) is 83.7 cm³/mol. The van der Waals surface area contributed by atoms with Crippen LogP contribution in [0, 0.1) is 0 Å². The summed E-state index contributed by atoms with van der Waals surface area (Å²) in [7, 11) is -3.25. The second kappa shape index (κ2) is 6.36. The Hall–Kier alpha value is -1.08. The number of hydrogen-bond donors (Lipinski definition) is 0. The van der Waals surface area contributed by atoms with E-state index in [9.17, 15) is 13.2 Å². The Morgan fingerprint density at radius 2 is 1.86 bits per heavy atom. The van der Waals surface area contributed by atoms with Crippen LogP contribution in [0.5, 0.6) is 5.75 Å². The number of hydrogen-bond acceptors (Lipinski definition) is 5. The highest BCUT2D eigenvalue weighted by atomic mass is 35.5. The number of ketones is 1. The maximum atomic E-state index is 11.9. The smallest absolute Gasteiger partial charge is 0.202 e. The van der Waals surface area contributed by atoms with Crippen molar-refractivity contribution < 1.29 is 17.9 Å². The van der Waals surface area contributed by atoms with Crippen LogP contribution in [-0.2, 0) is 9.84 Å². The molecule has 112 valence electrons. The van der Waals surface area contributed by atoms with Crippen LogP contribution in [0.4, 0.5) is 0 Å². The molecule has 0 bridgehead atoms. The monoisotopic (exact) mass is 364 g/mol. The van der Waals surface area contributed by atoms with Crippen LogP contribution in [0.15, 0.2) is 35.2 Å². The van der Waals surface area contributed by atoms with E-state index >= 15 is 0 Å². The maximum absolute atomic E-state index is 11.9. The maximum Gasteiger partial charge on any atom is 0.202 e. The zero-order valence-corrected chi connectivity index (χ0v) is 13.9. The van der Waals surface area contributed by atoms with Crippen LogP contribution in [0.1, 0.15) is 10.4 Å². The van der Waals surface area contributed by atoms with Gasteiger partial charge in [0.15, 0.2) is 16.4 Å².